The number of thiocarbonyl (C=S) groups is 1. The second-order valence-electron chi connectivity index (χ2n) is 5.53. The lowest BCUT2D eigenvalue weighted by molar-refractivity contribution is 0.256. The third kappa shape index (κ3) is 5.04. The van der Waals surface area contributed by atoms with Crippen molar-refractivity contribution in [3.05, 3.63) is 35.9 Å². The molecule has 0 unspecified atom stereocenters. The van der Waals surface area contributed by atoms with Crippen molar-refractivity contribution >= 4 is 39.2 Å². The van der Waals surface area contributed by atoms with E-state index in [1.54, 1.807) is 31.1 Å². The number of rotatable bonds is 6. The number of aromatic nitrogens is 2. The van der Waals surface area contributed by atoms with Gasteiger partial charge in [0.15, 0.2) is 0 Å². The van der Waals surface area contributed by atoms with Gasteiger partial charge < -0.3 is 14.4 Å². The van der Waals surface area contributed by atoms with Crippen LogP contribution >= 0.6 is 12.2 Å². The predicted molar refractivity (Wildman–Crippen MR) is 106 cm³/mol. The van der Waals surface area contributed by atoms with Gasteiger partial charge in [0.05, 0.1) is 25.2 Å². The van der Waals surface area contributed by atoms with Crippen LogP contribution in [0.1, 0.15) is 5.56 Å². The maximum absolute atomic E-state index is 12.7. The van der Waals surface area contributed by atoms with Gasteiger partial charge in [-0.3, -0.25) is 5.32 Å². The van der Waals surface area contributed by atoms with Crippen molar-refractivity contribution in [2.75, 3.05) is 33.6 Å². The van der Waals surface area contributed by atoms with Crippen molar-refractivity contribution in [2.24, 2.45) is 0 Å². The fourth-order valence-electron chi connectivity index (χ4n) is 2.09. The van der Waals surface area contributed by atoms with Gasteiger partial charge in [0.1, 0.15) is 4.99 Å². The molecular formula is C16H19N5O5S2. The molecule has 10 nitrogen and oxygen atoms in total. The summed E-state index contributed by atoms with van der Waals surface area (Å²) in [5, 5.41) is 2.23. The second-order valence-corrected chi connectivity index (χ2v) is 7.57. The van der Waals surface area contributed by atoms with Crippen molar-refractivity contribution in [1.29, 1.82) is 0 Å². The number of nitrogens with zero attached hydrogens (tertiary/aromatic N) is 3. The molecule has 2 amide bonds. The highest BCUT2D eigenvalue weighted by atomic mass is 32.2. The van der Waals surface area contributed by atoms with E-state index >= 15 is 0 Å². The number of hydrogen-bond donors (Lipinski definition) is 2. The molecule has 12 heteroatoms. The summed E-state index contributed by atoms with van der Waals surface area (Å²) in [6, 6.07) is 6.45. The first-order valence-electron chi connectivity index (χ1n) is 7.79. The Morgan fingerprint density at radius 2 is 1.68 bits per heavy atom. The van der Waals surface area contributed by atoms with Gasteiger partial charge in [0.25, 0.3) is 10.0 Å². The Balaban J connectivity index is 2.26. The molecule has 0 fully saturated rings. The van der Waals surface area contributed by atoms with Gasteiger partial charge in [-0.05, 0) is 6.07 Å². The summed E-state index contributed by atoms with van der Waals surface area (Å²) in [6.45, 7) is 0. The highest BCUT2D eigenvalue weighted by Crippen LogP contribution is 2.19. The summed E-state index contributed by atoms with van der Waals surface area (Å²) < 4.78 is 37.2. The lowest BCUT2D eigenvalue weighted by atomic mass is 10.2. The molecule has 2 N–H and O–H groups in total. The van der Waals surface area contributed by atoms with Crippen LogP contribution in [0.25, 0.3) is 0 Å². The molecular weight excluding hydrogens is 406 g/mol. The largest absolute Gasteiger partial charge is 0.481 e. The lowest BCUT2D eigenvalue weighted by Gasteiger charge is -2.17. The van der Waals surface area contributed by atoms with Gasteiger partial charge in [0.2, 0.25) is 17.7 Å². The zero-order valence-corrected chi connectivity index (χ0v) is 17.2. The van der Waals surface area contributed by atoms with E-state index in [4.69, 9.17) is 21.7 Å². The Labute approximate surface area is 167 Å². The van der Waals surface area contributed by atoms with Crippen molar-refractivity contribution in [3.63, 3.8) is 0 Å². The quantitative estimate of drug-likeness (QED) is 0.658. The van der Waals surface area contributed by atoms with E-state index in [0.717, 1.165) is 0 Å². The first-order chi connectivity index (χ1) is 13.2. The molecule has 0 bridgehead atoms. The number of ether oxygens (including phenoxy) is 2. The van der Waals surface area contributed by atoms with Crippen LogP contribution in [0.2, 0.25) is 0 Å². The topological polar surface area (TPSA) is 123 Å². The van der Waals surface area contributed by atoms with Crippen LogP contribution in [-0.2, 0) is 10.0 Å². The van der Waals surface area contributed by atoms with Gasteiger partial charge >= 0.3 is 6.03 Å². The zero-order chi connectivity index (χ0) is 20.9. The maximum atomic E-state index is 12.7. The van der Waals surface area contributed by atoms with Crippen LogP contribution in [0.15, 0.2) is 35.2 Å². The fourth-order valence-corrected chi connectivity index (χ4v) is 3.45. The summed E-state index contributed by atoms with van der Waals surface area (Å²) in [5.74, 6) is 0.0689. The number of urea groups is 1. The number of methoxy groups -OCH3 is 2. The minimum atomic E-state index is -4.21. The number of carbonyl (C=O) groups excluding carboxylic acids is 1. The van der Waals surface area contributed by atoms with Gasteiger partial charge in [-0.2, -0.15) is 9.97 Å². The van der Waals surface area contributed by atoms with Crippen molar-refractivity contribution in [1.82, 2.24) is 19.6 Å². The van der Waals surface area contributed by atoms with E-state index in [1.807, 2.05) is 4.72 Å². The van der Waals surface area contributed by atoms with Crippen molar-refractivity contribution in [2.45, 2.75) is 4.90 Å². The summed E-state index contributed by atoms with van der Waals surface area (Å²) in [5.41, 5.74) is 0.294. The molecule has 150 valence electrons. The van der Waals surface area contributed by atoms with Crippen LogP contribution < -0.4 is 19.5 Å². The summed E-state index contributed by atoms with van der Waals surface area (Å²) in [4.78, 5) is 21.8. The summed E-state index contributed by atoms with van der Waals surface area (Å²) in [6.07, 6.45) is 0. The molecule has 0 radical (unpaired) electrons. The van der Waals surface area contributed by atoms with Crippen LogP contribution in [0.5, 0.6) is 11.8 Å². The van der Waals surface area contributed by atoms with E-state index in [2.05, 4.69) is 15.3 Å². The molecule has 1 heterocycles. The number of nitrogens with one attached hydrogen (secondary N) is 2. The highest BCUT2D eigenvalue weighted by molar-refractivity contribution is 7.90. The molecule has 2 rings (SSSR count). The van der Waals surface area contributed by atoms with Gasteiger partial charge in [-0.15, -0.1) is 0 Å². The normalized spacial score (nSPS) is 10.7. The van der Waals surface area contributed by atoms with Gasteiger partial charge in [0, 0.05) is 19.7 Å². The Bertz CT molecular complexity index is 972. The van der Waals surface area contributed by atoms with Crippen LogP contribution in [0.3, 0.4) is 0 Å². The van der Waals surface area contributed by atoms with E-state index in [-0.39, 0.29) is 22.6 Å². The van der Waals surface area contributed by atoms with Crippen molar-refractivity contribution in [3.8, 4) is 11.8 Å². The molecule has 1 aromatic heterocycles. The Morgan fingerprint density at radius 3 is 2.21 bits per heavy atom. The molecule has 2 aromatic rings. The standard InChI is InChI=1S/C16H19N5O5S2/c1-21(2)14(27)10-7-5-6-8-11(10)28(23,24)20-16(22)19-15-17-12(25-3)9-13(18-15)26-4/h5-9H,1-4H3,(H2,17,18,19,20,22). The van der Waals surface area contributed by atoms with Crippen LogP contribution in [0.4, 0.5) is 10.7 Å². The number of anilines is 1. The number of benzene rings is 1. The average Bonchev–Trinajstić information content (AvgIpc) is 2.66. The Hall–Kier alpha value is -2.99. The lowest BCUT2D eigenvalue weighted by Crippen LogP contribution is -2.36. The average molecular weight is 425 g/mol. The van der Waals surface area contributed by atoms with Crippen molar-refractivity contribution < 1.29 is 22.7 Å². The maximum Gasteiger partial charge on any atom is 0.335 e. The summed E-state index contributed by atoms with van der Waals surface area (Å²) >= 11 is 5.26. The molecule has 0 aliphatic heterocycles. The highest BCUT2D eigenvalue weighted by Gasteiger charge is 2.24. The van der Waals surface area contributed by atoms with Crippen LogP contribution in [0, 0.1) is 0 Å². The molecule has 0 saturated heterocycles. The minimum absolute atomic E-state index is 0.131. The smallest absolute Gasteiger partial charge is 0.335 e. The SMILES string of the molecule is COc1cc(OC)nc(NC(=O)NS(=O)(=O)c2ccccc2C(=S)N(C)C)n1. The number of sulfonamides is 1. The minimum Gasteiger partial charge on any atom is -0.481 e. The van der Waals surface area contributed by atoms with E-state index < -0.39 is 16.1 Å². The number of hydrogen-bond acceptors (Lipinski definition) is 8. The fraction of sp³-hybridized carbons (Fsp3) is 0.250. The zero-order valence-electron chi connectivity index (χ0n) is 15.6. The second kappa shape index (κ2) is 8.80. The van der Waals surface area contributed by atoms with E-state index in [1.165, 1.54) is 32.4 Å². The number of carbonyl (C=O) groups is 1. The van der Waals surface area contributed by atoms with Crippen LogP contribution in [-0.4, -0.2) is 62.6 Å². The summed E-state index contributed by atoms with van der Waals surface area (Å²) in [7, 11) is 1.92. The Morgan fingerprint density at radius 1 is 1.11 bits per heavy atom. The van der Waals surface area contributed by atoms with Gasteiger partial charge in [-0.1, -0.05) is 30.4 Å². The first kappa shape index (κ1) is 21.3. The third-order valence-electron chi connectivity index (χ3n) is 3.36. The number of amides is 2. The molecule has 0 aliphatic carbocycles. The monoisotopic (exact) mass is 425 g/mol. The third-order valence-corrected chi connectivity index (χ3v) is 5.34. The molecule has 28 heavy (non-hydrogen) atoms. The molecule has 0 aliphatic rings. The van der Waals surface area contributed by atoms with E-state index in [9.17, 15) is 13.2 Å². The molecule has 0 atom stereocenters. The first-order valence-corrected chi connectivity index (χ1v) is 9.68. The Kier molecular flexibility index (Phi) is 6.70. The van der Waals surface area contributed by atoms with E-state index in [0.29, 0.717) is 10.6 Å². The molecule has 1 aromatic carbocycles. The molecule has 0 saturated carbocycles. The molecule has 0 spiro atoms. The van der Waals surface area contributed by atoms with Gasteiger partial charge in [-0.25, -0.2) is 17.9 Å². The predicted octanol–water partition coefficient (Wildman–Crippen LogP) is 1.24.